The number of amides is 1. The van der Waals surface area contributed by atoms with Crippen molar-refractivity contribution < 1.29 is 13.2 Å². The highest BCUT2D eigenvalue weighted by Crippen LogP contribution is 2.21. The van der Waals surface area contributed by atoms with Crippen molar-refractivity contribution in [3.05, 3.63) is 17.0 Å². The summed E-state index contributed by atoms with van der Waals surface area (Å²) in [6.45, 7) is 4.29. The number of likely N-dealkylation sites (tertiary alicyclic amines) is 1. The Labute approximate surface area is 188 Å². The van der Waals surface area contributed by atoms with E-state index in [2.05, 4.69) is 25.2 Å². The summed E-state index contributed by atoms with van der Waals surface area (Å²) in [5.74, 6) is 1.25. The van der Waals surface area contributed by atoms with Crippen molar-refractivity contribution in [3.63, 3.8) is 0 Å². The lowest BCUT2D eigenvalue weighted by Crippen LogP contribution is -2.47. The smallest absolute Gasteiger partial charge is 0.250 e. The number of thiophene rings is 1. The number of aryl methyl sites for hydroxylation is 1. The SMILES string of the molecule is CN=C(NCCNS(=O)(=O)c1ccc(C)s1)N1CCC(CC(=O)NC)CC1.I. The van der Waals surface area contributed by atoms with Crippen LogP contribution in [-0.4, -0.2) is 65.5 Å². The zero-order valence-corrected chi connectivity index (χ0v) is 20.5. The Morgan fingerprint density at radius 1 is 1.29 bits per heavy atom. The molecular formula is C17H30IN5O3S2. The van der Waals surface area contributed by atoms with Crippen LogP contribution in [0.2, 0.25) is 0 Å². The van der Waals surface area contributed by atoms with E-state index in [4.69, 9.17) is 0 Å². The van der Waals surface area contributed by atoms with Crippen molar-refractivity contribution in [1.29, 1.82) is 0 Å². The van der Waals surface area contributed by atoms with E-state index >= 15 is 0 Å². The number of rotatable bonds is 7. The lowest BCUT2D eigenvalue weighted by Gasteiger charge is -2.34. The van der Waals surface area contributed by atoms with Crippen molar-refractivity contribution in [2.45, 2.75) is 30.4 Å². The second-order valence-electron chi connectivity index (χ2n) is 6.54. The molecule has 1 aliphatic heterocycles. The molecule has 2 heterocycles. The van der Waals surface area contributed by atoms with Gasteiger partial charge in [0.1, 0.15) is 4.21 Å². The first kappa shape index (κ1) is 25.1. The van der Waals surface area contributed by atoms with E-state index in [1.54, 1.807) is 26.2 Å². The average molecular weight is 543 g/mol. The molecule has 0 unspecified atom stereocenters. The van der Waals surface area contributed by atoms with Crippen LogP contribution >= 0.6 is 35.3 Å². The minimum Gasteiger partial charge on any atom is -0.359 e. The van der Waals surface area contributed by atoms with E-state index in [0.717, 1.165) is 36.8 Å². The van der Waals surface area contributed by atoms with Crippen molar-refractivity contribution in [2.75, 3.05) is 40.3 Å². The first-order chi connectivity index (χ1) is 12.9. The Morgan fingerprint density at radius 3 is 2.50 bits per heavy atom. The highest BCUT2D eigenvalue weighted by Gasteiger charge is 2.23. The maximum absolute atomic E-state index is 12.2. The van der Waals surface area contributed by atoms with Gasteiger partial charge in [-0.1, -0.05) is 0 Å². The molecule has 160 valence electrons. The second-order valence-corrected chi connectivity index (χ2v) is 9.83. The number of nitrogens with zero attached hydrogens (tertiary/aromatic N) is 2. The van der Waals surface area contributed by atoms with E-state index in [9.17, 15) is 13.2 Å². The first-order valence-electron chi connectivity index (χ1n) is 9.08. The summed E-state index contributed by atoms with van der Waals surface area (Å²) >= 11 is 1.26. The molecule has 8 nitrogen and oxygen atoms in total. The van der Waals surface area contributed by atoms with Gasteiger partial charge in [-0.15, -0.1) is 35.3 Å². The molecule has 0 aromatic carbocycles. The summed E-state index contributed by atoms with van der Waals surface area (Å²) in [4.78, 5) is 18.9. The van der Waals surface area contributed by atoms with Gasteiger partial charge in [-0.3, -0.25) is 9.79 Å². The van der Waals surface area contributed by atoms with Gasteiger partial charge in [0.2, 0.25) is 15.9 Å². The van der Waals surface area contributed by atoms with Gasteiger partial charge in [0.05, 0.1) is 0 Å². The molecule has 1 aromatic rings. The molecule has 0 radical (unpaired) electrons. The molecule has 0 spiro atoms. The Kier molecular flexibility index (Phi) is 10.7. The molecule has 1 aromatic heterocycles. The van der Waals surface area contributed by atoms with E-state index in [1.165, 1.54) is 11.3 Å². The van der Waals surface area contributed by atoms with Crippen LogP contribution in [0.4, 0.5) is 0 Å². The molecule has 0 bridgehead atoms. The summed E-state index contributed by atoms with van der Waals surface area (Å²) in [5.41, 5.74) is 0. The van der Waals surface area contributed by atoms with Crippen molar-refractivity contribution in [2.24, 2.45) is 10.9 Å². The first-order valence-corrected chi connectivity index (χ1v) is 11.4. The van der Waals surface area contributed by atoms with Gasteiger partial charge in [-0.2, -0.15) is 0 Å². The van der Waals surface area contributed by atoms with Crippen LogP contribution in [0.15, 0.2) is 21.3 Å². The number of guanidine groups is 1. The molecule has 0 saturated carbocycles. The molecule has 2 rings (SSSR count). The number of aliphatic imine (C=N–C) groups is 1. The van der Waals surface area contributed by atoms with Crippen LogP contribution in [0.1, 0.15) is 24.1 Å². The maximum Gasteiger partial charge on any atom is 0.250 e. The third-order valence-electron chi connectivity index (χ3n) is 4.56. The fraction of sp³-hybridized carbons (Fsp3) is 0.647. The number of nitrogens with one attached hydrogen (secondary N) is 3. The van der Waals surface area contributed by atoms with Gasteiger partial charge in [-0.25, -0.2) is 13.1 Å². The van der Waals surface area contributed by atoms with Crippen LogP contribution in [0.25, 0.3) is 0 Å². The van der Waals surface area contributed by atoms with Crippen LogP contribution in [0, 0.1) is 12.8 Å². The Morgan fingerprint density at radius 2 is 1.96 bits per heavy atom. The predicted octanol–water partition coefficient (Wildman–Crippen LogP) is 1.38. The highest BCUT2D eigenvalue weighted by atomic mass is 127. The Hall–Kier alpha value is -0.920. The van der Waals surface area contributed by atoms with E-state index < -0.39 is 10.0 Å². The van der Waals surface area contributed by atoms with E-state index in [1.807, 2.05) is 6.92 Å². The number of sulfonamides is 1. The highest BCUT2D eigenvalue weighted by molar-refractivity contribution is 14.0. The van der Waals surface area contributed by atoms with Gasteiger partial charge >= 0.3 is 0 Å². The molecular weight excluding hydrogens is 513 g/mol. The van der Waals surface area contributed by atoms with Crippen molar-refractivity contribution in [3.8, 4) is 0 Å². The van der Waals surface area contributed by atoms with E-state index in [0.29, 0.717) is 23.1 Å². The molecule has 11 heteroatoms. The summed E-state index contributed by atoms with van der Waals surface area (Å²) in [7, 11) is -0.0696. The number of hydrogen-bond acceptors (Lipinski definition) is 5. The topological polar surface area (TPSA) is 103 Å². The van der Waals surface area contributed by atoms with Gasteiger partial charge in [-0.05, 0) is 37.8 Å². The third-order valence-corrected chi connectivity index (χ3v) is 7.51. The average Bonchev–Trinajstić information content (AvgIpc) is 3.10. The monoisotopic (exact) mass is 543 g/mol. The minimum atomic E-state index is -3.45. The van der Waals surface area contributed by atoms with Gasteiger partial charge in [0.15, 0.2) is 5.96 Å². The zero-order valence-electron chi connectivity index (χ0n) is 16.5. The Balaban J connectivity index is 0.00000392. The maximum atomic E-state index is 12.2. The van der Waals surface area contributed by atoms with Gasteiger partial charge in [0, 0.05) is 51.6 Å². The molecule has 28 heavy (non-hydrogen) atoms. The molecule has 1 amide bonds. The summed E-state index contributed by atoms with van der Waals surface area (Å²) in [6, 6.07) is 3.42. The standard InChI is InChI=1S/C17H29N5O3S2.HI/c1-13-4-5-16(26-13)27(24,25)21-9-8-20-17(19-3)22-10-6-14(7-11-22)12-15(23)18-2;/h4-5,14,21H,6-12H2,1-3H3,(H,18,23)(H,19,20);1H. The quantitative estimate of drug-likeness (QED) is 0.209. The summed E-state index contributed by atoms with van der Waals surface area (Å²) < 4.78 is 27.4. The van der Waals surface area contributed by atoms with E-state index in [-0.39, 0.29) is 36.4 Å². The lowest BCUT2D eigenvalue weighted by molar-refractivity contribution is -0.121. The number of carbonyl (C=O) groups excluding carboxylic acids is 1. The molecule has 0 atom stereocenters. The third kappa shape index (κ3) is 7.48. The van der Waals surface area contributed by atoms with Crippen LogP contribution in [0.5, 0.6) is 0 Å². The fourth-order valence-electron chi connectivity index (χ4n) is 3.03. The largest absolute Gasteiger partial charge is 0.359 e. The number of piperidine rings is 1. The van der Waals surface area contributed by atoms with Crippen molar-refractivity contribution >= 4 is 57.2 Å². The van der Waals surface area contributed by atoms with Crippen LogP contribution in [0.3, 0.4) is 0 Å². The van der Waals surface area contributed by atoms with Crippen molar-refractivity contribution in [1.82, 2.24) is 20.3 Å². The second kappa shape index (κ2) is 11.9. The number of carbonyl (C=O) groups is 1. The van der Waals surface area contributed by atoms with Gasteiger partial charge < -0.3 is 15.5 Å². The molecule has 3 N–H and O–H groups in total. The molecule has 1 fully saturated rings. The predicted molar refractivity (Wildman–Crippen MR) is 124 cm³/mol. The number of halogens is 1. The molecule has 1 saturated heterocycles. The Bertz CT molecular complexity index is 759. The number of hydrogen-bond donors (Lipinski definition) is 3. The van der Waals surface area contributed by atoms with Crippen LogP contribution in [-0.2, 0) is 14.8 Å². The normalized spacial score (nSPS) is 15.8. The minimum absolute atomic E-state index is 0. The lowest BCUT2D eigenvalue weighted by atomic mass is 9.93. The summed E-state index contributed by atoms with van der Waals surface area (Å²) in [6.07, 6.45) is 2.46. The van der Waals surface area contributed by atoms with Crippen LogP contribution < -0.4 is 15.4 Å². The fourth-order valence-corrected chi connectivity index (χ4v) is 5.39. The molecule has 0 aliphatic carbocycles. The van der Waals surface area contributed by atoms with Gasteiger partial charge in [0.25, 0.3) is 0 Å². The molecule has 1 aliphatic rings. The summed E-state index contributed by atoms with van der Waals surface area (Å²) in [5, 5.41) is 5.88. The zero-order chi connectivity index (χ0) is 19.9.